The fourth-order valence-corrected chi connectivity index (χ4v) is 6.60. The molecule has 3 aromatic rings. The smallest absolute Gasteiger partial charge is 0.299 e. The van der Waals surface area contributed by atoms with Gasteiger partial charge < -0.3 is 19.5 Å². The summed E-state index contributed by atoms with van der Waals surface area (Å²) in [5.41, 5.74) is 5.89. The first-order chi connectivity index (χ1) is 17.2. The molecule has 4 atom stereocenters. The van der Waals surface area contributed by atoms with Gasteiger partial charge in [-0.15, -0.1) is 6.42 Å². The first-order valence-corrected chi connectivity index (χ1v) is 13.0. The first-order valence-electron chi connectivity index (χ1n) is 13.0. The van der Waals surface area contributed by atoms with Crippen LogP contribution in [0.3, 0.4) is 0 Å². The fourth-order valence-electron chi connectivity index (χ4n) is 6.60. The number of para-hydroxylation sites is 1. The van der Waals surface area contributed by atoms with Crippen molar-refractivity contribution < 1.29 is 9.53 Å². The number of carbonyl (C=O) groups is 1. The molecule has 180 valence electrons. The second-order valence-corrected chi connectivity index (χ2v) is 10.2. The van der Waals surface area contributed by atoms with Crippen molar-refractivity contribution in [3.05, 3.63) is 65.4 Å². The van der Waals surface area contributed by atoms with Crippen molar-refractivity contribution in [1.29, 1.82) is 0 Å². The quantitative estimate of drug-likeness (QED) is 0.525. The number of aromatic nitrogens is 1. The van der Waals surface area contributed by atoms with Crippen LogP contribution in [0.15, 0.2) is 48.5 Å². The fraction of sp³-hybridized carbons (Fsp3) is 0.433. The monoisotopic (exact) mass is 467 g/mol. The predicted octanol–water partition coefficient (Wildman–Crippen LogP) is 5.20. The summed E-state index contributed by atoms with van der Waals surface area (Å²) in [4.78, 5) is 21.4. The van der Waals surface area contributed by atoms with Gasteiger partial charge in [-0.25, -0.2) is 0 Å². The molecule has 1 amide bonds. The van der Waals surface area contributed by atoms with E-state index in [1.54, 1.807) is 0 Å². The Morgan fingerprint density at radius 3 is 2.57 bits per heavy atom. The largest absolute Gasteiger partial charge is 0.377 e. The van der Waals surface area contributed by atoms with Crippen molar-refractivity contribution in [2.45, 2.75) is 69.6 Å². The van der Waals surface area contributed by atoms with Gasteiger partial charge in [-0.05, 0) is 60.9 Å². The number of morpholine rings is 1. The standard InChI is InChI=1S/C30H33N3O2/c1-3-5-8-22-17-26-25-9-6-7-10-27(25)31-29(26)30(33(22)28(34)4-2)20-11-13-21(14-12-20)32-23-15-16-24(32)19-35-18-23/h2,6-7,9-14,22-24,30-31H,3,5,8,15-19H2,1H3/t22-,23?,24?,30-/m0/s1. The molecule has 0 spiro atoms. The average molecular weight is 468 g/mol. The van der Waals surface area contributed by atoms with Crippen molar-refractivity contribution in [1.82, 2.24) is 9.88 Å². The van der Waals surface area contributed by atoms with Crippen LogP contribution in [0.1, 0.15) is 61.9 Å². The van der Waals surface area contributed by atoms with Crippen molar-refractivity contribution >= 4 is 22.5 Å². The molecule has 3 aliphatic heterocycles. The molecular formula is C30H33N3O2. The molecule has 2 saturated heterocycles. The Balaban J connectivity index is 1.44. The number of nitrogens with zero attached hydrogens (tertiary/aromatic N) is 2. The van der Waals surface area contributed by atoms with E-state index in [2.05, 4.69) is 71.3 Å². The lowest BCUT2D eigenvalue weighted by Crippen LogP contribution is -2.47. The zero-order valence-corrected chi connectivity index (χ0v) is 20.4. The van der Waals surface area contributed by atoms with E-state index < -0.39 is 0 Å². The minimum atomic E-state index is -0.226. The summed E-state index contributed by atoms with van der Waals surface area (Å²) in [5, 5.41) is 1.25. The van der Waals surface area contributed by atoms with Crippen molar-refractivity contribution in [3.8, 4) is 12.3 Å². The molecule has 2 aromatic carbocycles. The highest BCUT2D eigenvalue weighted by molar-refractivity contribution is 5.95. The average Bonchev–Trinajstić information content (AvgIpc) is 3.39. The van der Waals surface area contributed by atoms with Crippen LogP contribution >= 0.6 is 0 Å². The third-order valence-electron chi connectivity index (χ3n) is 8.23. The zero-order chi connectivity index (χ0) is 23.9. The molecule has 5 heteroatoms. The Kier molecular flexibility index (Phi) is 5.78. The molecule has 2 unspecified atom stereocenters. The SMILES string of the molecule is C#CC(=O)N1[C@@H](CCCC)Cc2c([nH]c3ccccc23)[C@@H]1c1ccc(N2C3CCC2COC3)cc1. The Morgan fingerprint density at radius 1 is 1.11 bits per heavy atom. The molecule has 4 heterocycles. The molecule has 35 heavy (non-hydrogen) atoms. The van der Waals surface area contributed by atoms with Gasteiger partial charge >= 0.3 is 0 Å². The molecular weight excluding hydrogens is 434 g/mol. The van der Waals surface area contributed by atoms with E-state index in [0.717, 1.165) is 55.7 Å². The summed E-state index contributed by atoms with van der Waals surface area (Å²) < 4.78 is 5.78. The van der Waals surface area contributed by atoms with E-state index in [-0.39, 0.29) is 18.0 Å². The molecule has 6 rings (SSSR count). The molecule has 0 radical (unpaired) electrons. The van der Waals surface area contributed by atoms with Crippen molar-refractivity contribution in [2.75, 3.05) is 18.1 Å². The molecule has 0 saturated carbocycles. The van der Waals surface area contributed by atoms with Crippen LogP contribution in [0.5, 0.6) is 0 Å². The third kappa shape index (κ3) is 3.72. The number of carbonyl (C=O) groups excluding carboxylic acids is 1. The second-order valence-electron chi connectivity index (χ2n) is 10.2. The van der Waals surface area contributed by atoms with Gasteiger partial charge in [0.2, 0.25) is 0 Å². The van der Waals surface area contributed by atoms with Gasteiger partial charge in [-0.1, -0.05) is 50.1 Å². The van der Waals surface area contributed by atoms with E-state index in [9.17, 15) is 4.79 Å². The summed E-state index contributed by atoms with van der Waals surface area (Å²) in [7, 11) is 0. The van der Waals surface area contributed by atoms with Gasteiger partial charge in [0.05, 0.1) is 31.3 Å². The predicted molar refractivity (Wildman–Crippen MR) is 139 cm³/mol. The minimum Gasteiger partial charge on any atom is -0.377 e. The number of terminal acetylenes is 1. The lowest BCUT2D eigenvalue weighted by Gasteiger charge is -2.42. The number of ether oxygens (including phenoxy) is 1. The topological polar surface area (TPSA) is 48.6 Å². The van der Waals surface area contributed by atoms with Crippen LogP contribution in [0.4, 0.5) is 5.69 Å². The number of anilines is 1. The number of hydrogen-bond acceptors (Lipinski definition) is 3. The second kappa shape index (κ2) is 9.09. The molecule has 2 bridgehead atoms. The Hall–Kier alpha value is -3.23. The van der Waals surface area contributed by atoms with E-state index in [1.807, 2.05) is 4.90 Å². The van der Waals surface area contributed by atoms with Gasteiger partial charge in [0.1, 0.15) is 0 Å². The normalized spacial score (nSPS) is 25.5. The number of rotatable bonds is 5. The van der Waals surface area contributed by atoms with Crippen LogP contribution in [0.2, 0.25) is 0 Å². The number of unbranched alkanes of at least 4 members (excludes halogenated alkanes) is 1. The molecule has 1 aromatic heterocycles. The molecule has 2 fully saturated rings. The summed E-state index contributed by atoms with van der Waals surface area (Å²) >= 11 is 0. The van der Waals surface area contributed by atoms with Gasteiger partial charge in [-0.3, -0.25) is 4.79 Å². The highest BCUT2D eigenvalue weighted by Crippen LogP contribution is 2.43. The van der Waals surface area contributed by atoms with Gasteiger partial charge in [0.15, 0.2) is 0 Å². The van der Waals surface area contributed by atoms with Gasteiger partial charge in [-0.2, -0.15) is 0 Å². The van der Waals surface area contributed by atoms with Crippen LogP contribution < -0.4 is 4.90 Å². The molecule has 0 aliphatic carbocycles. The van der Waals surface area contributed by atoms with Crippen LogP contribution in [0.25, 0.3) is 10.9 Å². The van der Waals surface area contributed by atoms with Crippen LogP contribution in [-0.2, 0) is 16.0 Å². The number of aromatic amines is 1. The summed E-state index contributed by atoms with van der Waals surface area (Å²) in [6.45, 7) is 3.81. The number of nitrogens with one attached hydrogen (secondary N) is 1. The lowest BCUT2D eigenvalue weighted by atomic mass is 9.86. The number of hydrogen-bond donors (Lipinski definition) is 1. The maximum Gasteiger partial charge on any atom is 0.299 e. The molecule has 3 aliphatic rings. The highest BCUT2D eigenvalue weighted by Gasteiger charge is 2.40. The molecule has 5 nitrogen and oxygen atoms in total. The Labute approximate surface area is 207 Å². The lowest BCUT2D eigenvalue weighted by molar-refractivity contribution is -0.130. The first kappa shape index (κ1) is 22.2. The van der Waals surface area contributed by atoms with Gasteiger partial charge in [0, 0.05) is 28.3 Å². The van der Waals surface area contributed by atoms with Crippen LogP contribution in [0, 0.1) is 12.3 Å². The maximum atomic E-state index is 13.2. The summed E-state index contributed by atoms with van der Waals surface area (Å²) in [6, 6.07) is 18.1. The minimum absolute atomic E-state index is 0.0879. The van der Waals surface area contributed by atoms with E-state index in [1.165, 1.54) is 29.5 Å². The summed E-state index contributed by atoms with van der Waals surface area (Å²) in [5.74, 6) is 2.21. The third-order valence-corrected chi connectivity index (χ3v) is 8.23. The Morgan fingerprint density at radius 2 is 1.86 bits per heavy atom. The van der Waals surface area contributed by atoms with Crippen molar-refractivity contribution in [3.63, 3.8) is 0 Å². The van der Waals surface area contributed by atoms with E-state index in [4.69, 9.17) is 11.2 Å². The number of fused-ring (bicyclic) bond motifs is 5. The maximum absolute atomic E-state index is 13.2. The highest BCUT2D eigenvalue weighted by atomic mass is 16.5. The summed E-state index contributed by atoms with van der Waals surface area (Å²) in [6.07, 6.45) is 12.1. The van der Waals surface area contributed by atoms with E-state index in [0.29, 0.717) is 12.1 Å². The molecule has 1 N–H and O–H groups in total. The Bertz CT molecular complexity index is 1250. The van der Waals surface area contributed by atoms with Gasteiger partial charge in [0.25, 0.3) is 5.91 Å². The van der Waals surface area contributed by atoms with Crippen molar-refractivity contribution in [2.24, 2.45) is 0 Å². The number of H-pyrrole nitrogens is 1. The number of amides is 1. The zero-order valence-electron chi connectivity index (χ0n) is 20.4. The van der Waals surface area contributed by atoms with Crippen LogP contribution in [-0.4, -0.2) is 47.1 Å². The van der Waals surface area contributed by atoms with E-state index >= 15 is 0 Å². The number of benzene rings is 2.